The molecule has 1 aromatic rings. The van der Waals surface area contributed by atoms with E-state index in [1.54, 1.807) is 12.1 Å². The van der Waals surface area contributed by atoms with Crippen molar-refractivity contribution in [3.8, 4) is 0 Å². The number of ketones is 1. The van der Waals surface area contributed by atoms with Crippen molar-refractivity contribution >= 4 is 17.2 Å². The van der Waals surface area contributed by atoms with Gasteiger partial charge in [0.25, 0.3) is 5.69 Å². The highest BCUT2D eigenvalue weighted by Gasteiger charge is 2.36. The number of hydrogen-bond donors (Lipinski definition) is 0. The first kappa shape index (κ1) is 14.0. The number of nitro benzene ring substituents is 1. The molecule has 1 saturated heterocycles. The minimum Gasteiger partial charge on any atom is -0.374 e. The second-order valence-electron chi connectivity index (χ2n) is 5.62. The monoisotopic (exact) mass is 290 g/mol. The van der Waals surface area contributed by atoms with E-state index in [0.717, 1.165) is 31.5 Å². The molecule has 2 fully saturated rings. The van der Waals surface area contributed by atoms with Gasteiger partial charge in [0.1, 0.15) is 0 Å². The van der Waals surface area contributed by atoms with Crippen molar-refractivity contribution in [1.82, 2.24) is 0 Å². The highest BCUT2D eigenvalue weighted by atomic mass is 16.6. The molecule has 2 unspecified atom stereocenters. The Kier molecular flexibility index (Phi) is 3.63. The molecule has 0 aromatic heterocycles. The number of ether oxygens (including phenoxy) is 1. The zero-order valence-electron chi connectivity index (χ0n) is 11.9. The molecular weight excluding hydrogens is 272 g/mol. The summed E-state index contributed by atoms with van der Waals surface area (Å²) in [5.41, 5.74) is 0.937. The van der Waals surface area contributed by atoms with E-state index in [-0.39, 0.29) is 23.1 Å². The second kappa shape index (κ2) is 5.44. The summed E-state index contributed by atoms with van der Waals surface area (Å²) in [7, 11) is 0. The second-order valence-corrected chi connectivity index (χ2v) is 5.62. The van der Waals surface area contributed by atoms with Gasteiger partial charge >= 0.3 is 0 Å². The Balaban J connectivity index is 1.96. The standard InChI is InChI=1S/C15H18N2O4/c1-10(18)12-9-11(5-6-13(12)17(19)20)16-7-8-21-15-4-2-3-14(15)16/h5-6,9,14-15H,2-4,7-8H2,1H3. The van der Waals surface area contributed by atoms with Gasteiger partial charge in [0, 0.05) is 18.3 Å². The van der Waals surface area contributed by atoms with Crippen LogP contribution in [0.1, 0.15) is 36.5 Å². The molecule has 0 N–H and O–H groups in total. The Labute approximate surface area is 122 Å². The van der Waals surface area contributed by atoms with E-state index in [4.69, 9.17) is 4.74 Å². The van der Waals surface area contributed by atoms with E-state index in [0.29, 0.717) is 12.6 Å². The van der Waals surface area contributed by atoms with Crippen LogP contribution in [-0.2, 0) is 4.74 Å². The number of nitrogens with zero attached hydrogens (tertiary/aromatic N) is 2. The Bertz CT molecular complexity index is 587. The average Bonchev–Trinajstić information content (AvgIpc) is 2.94. The molecule has 3 rings (SSSR count). The van der Waals surface area contributed by atoms with Crippen molar-refractivity contribution in [3.05, 3.63) is 33.9 Å². The molecule has 2 atom stereocenters. The van der Waals surface area contributed by atoms with E-state index < -0.39 is 4.92 Å². The molecule has 21 heavy (non-hydrogen) atoms. The number of carbonyl (C=O) groups excluding carboxylic acids is 1. The molecular formula is C15H18N2O4. The number of hydrogen-bond acceptors (Lipinski definition) is 5. The number of carbonyl (C=O) groups is 1. The molecule has 6 nitrogen and oxygen atoms in total. The molecule has 0 radical (unpaired) electrons. The van der Waals surface area contributed by atoms with Crippen LogP contribution in [0.25, 0.3) is 0 Å². The van der Waals surface area contributed by atoms with Gasteiger partial charge < -0.3 is 9.64 Å². The van der Waals surface area contributed by atoms with Crippen molar-refractivity contribution in [3.63, 3.8) is 0 Å². The maximum Gasteiger partial charge on any atom is 0.280 e. The lowest BCUT2D eigenvalue weighted by molar-refractivity contribution is -0.385. The van der Waals surface area contributed by atoms with Gasteiger partial charge in [0.15, 0.2) is 5.78 Å². The van der Waals surface area contributed by atoms with Crippen LogP contribution in [-0.4, -0.2) is 36.0 Å². The summed E-state index contributed by atoms with van der Waals surface area (Å²) in [6.07, 6.45) is 3.51. The lowest BCUT2D eigenvalue weighted by Crippen LogP contribution is -2.48. The van der Waals surface area contributed by atoms with Crippen molar-refractivity contribution in [2.45, 2.75) is 38.3 Å². The molecule has 1 heterocycles. The summed E-state index contributed by atoms with van der Waals surface area (Å²) in [5.74, 6) is -0.278. The molecule has 112 valence electrons. The summed E-state index contributed by atoms with van der Waals surface area (Å²) in [6.45, 7) is 2.79. The van der Waals surface area contributed by atoms with Crippen LogP contribution in [0.15, 0.2) is 18.2 Å². The van der Waals surface area contributed by atoms with Crippen LogP contribution in [0.4, 0.5) is 11.4 Å². The maximum atomic E-state index is 11.7. The number of nitro groups is 1. The number of rotatable bonds is 3. The zero-order valence-corrected chi connectivity index (χ0v) is 11.9. The topological polar surface area (TPSA) is 72.7 Å². The van der Waals surface area contributed by atoms with Gasteiger partial charge in [-0.05, 0) is 38.3 Å². The molecule has 0 spiro atoms. The predicted octanol–water partition coefficient (Wildman–Crippen LogP) is 2.56. The van der Waals surface area contributed by atoms with Gasteiger partial charge in [0.2, 0.25) is 0 Å². The molecule has 1 aliphatic carbocycles. The number of morpholine rings is 1. The normalized spacial score (nSPS) is 24.7. The number of benzene rings is 1. The van der Waals surface area contributed by atoms with Gasteiger partial charge in [0.05, 0.1) is 29.2 Å². The first-order valence-electron chi connectivity index (χ1n) is 7.25. The van der Waals surface area contributed by atoms with Crippen LogP contribution in [0.5, 0.6) is 0 Å². The Morgan fingerprint density at radius 2 is 2.24 bits per heavy atom. The minimum atomic E-state index is -0.502. The molecule has 6 heteroatoms. The summed E-state index contributed by atoms with van der Waals surface area (Å²) < 4.78 is 5.78. The maximum absolute atomic E-state index is 11.7. The molecule has 0 bridgehead atoms. The summed E-state index contributed by atoms with van der Waals surface area (Å²) in [6, 6.07) is 5.15. The van der Waals surface area contributed by atoms with Gasteiger partial charge in [-0.2, -0.15) is 0 Å². The van der Waals surface area contributed by atoms with E-state index in [9.17, 15) is 14.9 Å². The van der Waals surface area contributed by atoms with Gasteiger partial charge in [-0.3, -0.25) is 14.9 Å². The highest BCUT2D eigenvalue weighted by Crippen LogP contribution is 2.34. The SMILES string of the molecule is CC(=O)c1cc(N2CCOC3CCCC32)ccc1[N+](=O)[O-]. The Hall–Kier alpha value is -1.95. The summed E-state index contributed by atoms with van der Waals surface area (Å²) in [5, 5.41) is 11.0. The van der Waals surface area contributed by atoms with Crippen LogP contribution in [0.3, 0.4) is 0 Å². The number of fused-ring (bicyclic) bond motifs is 1. The zero-order chi connectivity index (χ0) is 15.0. The van der Waals surface area contributed by atoms with E-state index in [1.807, 2.05) is 0 Å². The van der Waals surface area contributed by atoms with Crippen molar-refractivity contribution in [2.24, 2.45) is 0 Å². The molecule has 2 aliphatic rings. The predicted molar refractivity (Wildman–Crippen MR) is 77.8 cm³/mol. The van der Waals surface area contributed by atoms with Gasteiger partial charge in [-0.1, -0.05) is 0 Å². The highest BCUT2D eigenvalue weighted by molar-refractivity contribution is 5.99. The summed E-state index contributed by atoms with van der Waals surface area (Å²) >= 11 is 0. The third kappa shape index (κ3) is 2.51. The number of Topliss-reactive ketones (excluding diaryl/α,β-unsaturated/α-hetero) is 1. The average molecular weight is 290 g/mol. The van der Waals surface area contributed by atoms with Crippen LogP contribution in [0, 0.1) is 10.1 Å². The third-order valence-corrected chi connectivity index (χ3v) is 4.37. The molecule has 1 aromatic carbocycles. The molecule has 1 aliphatic heterocycles. The fourth-order valence-corrected chi connectivity index (χ4v) is 3.39. The van der Waals surface area contributed by atoms with E-state index >= 15 is 0 Å². The Morgan fingerprint density at radius 1 is 1.43 bits per heavy atom. The van der Waals surface area contributed by atoms with Crippen LogP contribution in [0.2, 0.25) is 0 Å². The molecule has 0 amide bonds. The van der Waals surface area contributed by atoms with E-state index in [1.165, 1.54) is 13.0 Å². The minimum absolute atomic E-state index is 0.123. The van der Waals surface area contributed by atoms with Gasteiger partial charge in [-0.15, -0.1) is 0 Å². The van der Waals surface area contributed by atoms with Crippen molar-refractivity contribution in [2.75, 3.05) is 18.1 Å². The fourth-order valence-electron chi connectivity index (χ4n) is 3.39. The first-order valence-corrected chi connectivity index (χ1v) is 7.25. The fraction of sp³-hybridized carbons (Fsp3) is 0.533. The number of anilines is 1. The third-order valence-electron chi connectivity index (χ3n) is 4.37. The molecule has 1 saturated carbocycles. The first-order chi connectivity index (χ1) is 10.1. The smallest absolute Gasteiger partial charge is 0.280 e. The van der Waals surface area contributed by atoms with E-state index in [2.05, 4.69) is 4.90 Å². The largest absolute Gasteiger partial charge is 0.374 e. The lowest BCUT2D eigenvalue weighted by Gasteiger charge is -2.39. The lowest BCUT2D eigenvalue weighted by atomic mass is 10.0. The van der Waals surface area contributed by atoms with Crippen molar-refractivity contribution in [1.29, 1.82) is 0 Å². The van der Waals surface area contributed by atoms with Crippen LogP contribution < -0.4 is 4.90 Å². The van der Waals surface area contributed by atoms with Crippen LogP contribution >= 0.6 is 0 Å². The van der Waals surface area contributed by atoms with Crippen molar-refractivity contribution < 1.29 is 14.5 Å². The summed E-state index contributed by atoms with van der Waals surface area (Å²) in [4.78, 5) is 24.4. The quantitative estimate of drug-likeness (QED) is 0.486. The van der Waals surface area contributed by atoms with Gasteiger partial charge in [-0.25, -0.2) is 0 Å². The Morgan fingerprint density at radius 3 is 2.95 bits per heavy atom.